The number of carbonyl (C=O) groups excluding carboxylic acids is 1. The third-order valence-corrected chi connectivity index (χ3v) is 11.1. The number of aldehydes is 1. The van der Waals surface area contributed by atoms with Crippen molar-refractivity contribution in [2.45, 2.75) is 90.0 Å². The summed E-state index contributed by atoms with van der Waals surface area (Å²) in [5, 5.41) is 0. The zero-order valence-corrected chi connectivity index (χ0v) is 14.6. The van der Waals surface area contributed by atoms with Gasteiger partial charge >= 0.3 is 0 Å². The van der Waals surface area contributed by atoms with E-state index in [1.165, 1.54) is 0 Å². The van der Waals surface area contributed by atoms with E-state index >= 15 is 0 Å². The molecule has 19 heavy (non-hydrogen) atoms. The molecule has 112 valence electrons. The first-order chi connectivity index (χ1) is 8.84. The fourth-order valence-corrected chi connectivity index (χ4v) is 9.67. The van der Waals surface area contributed by atoms with Crippen molar-refractivity contribution in [1.29, 1.82) is 0 Å². The van der Waals surface area contributed by atoms with Gasteiger partial charge < -0.3 is 9.22 Å². The second kappa shape index (κ2) is 7.03. The maximum absolute atomic E-state index is 10.8. The topological polar surface area (TPSA) is 26.3 Å². The lowest BCUT2D eigenvalue weighted by Gasteiger charge is -2.45. The molecule has 0 spiro atoms. The molecule has 0 radical (unpaired) electrons. The first-order valence-electron chi connectivity index (χ1n) is 7.97. The van der Waals surface area contributed by atoms with E-state index in [4.69, 9.17) is 4.43 Å². The average molecular weight is 285 g/mol. The first-order valence-corrected chi connectivity index (χ1v) is 10.1. The molecule has 0 atom stereocenters. The lowest BCUT2D eigenvalue weighted by Crippen LogP contribution is -2.50. The number of hydrogen-bond donors (Lipinski definition) is 0. The van der Waals surface area contributed by atoms with Gasteiger partial charge in [-0.3, -0.25) is 0 Å². The van der Waals surface area contributed by atoms with Crippen molar-refractivity contribution in [3.63, 3.8) is 0 Å². The summed E-state index contributed by atoms with van der Waals surface area (Å²) in [5.41, 5.74) is 1.95. The number of rotatable bonds is 6. The van der Waals surface area contributed by atoms with Gasteiger partial charge in [-0.1, -0.05) is 41.5 Å². The van der Waals surface area contributed by atoms with Crippen LogP contribution in [-0.4, -0.2) is 20.7 Å². The summed E-state index contributed by atoms with van der Waals surface area (Å²) < 4.78 is 6.78. The Labute approximate surface area is 120 Å². The molecule has 1 rings (SSSR count). The summed E-state index contributed by atoms with van der Waals surface area (Å²) in [7, 11) is -1.74. The molecule has 3 heteroatoms. The molecule has 0 bridgehead atoms. The summed E-state index contributed by atoms with van der Waals surface area (Å²) in [6.07, 6.45) is 5.72. The molecule has 0 aromatic carbocycles. The molecular formula is C16H32O2Si. The van der Waals surface area contributed by atoms with Crippen LogP contribution >= 0.6 is 0 Å². The molecule has 0 aliphatic heterocycles. The van der Waals surface area contributed by atoms with Crippen molar-refractivity contribution in [1.82, 2.24) is 0 Å². The van der Waals surface area contributed by atoms with E-state index in [2.05, 4.69) is 41.5 Å². The molecule has 0 N–H and O–H groups in total. The third kappa shape index (κ3) is 3.69. The van der Waals surface area contributed by atoms with E-state index < -0.39 is 8.32 Å². The van der Waals surface area contributed by atoms with Gasteiger partial charge in [-0.2, -0.15) is 0 Å². The highest BCUT2D eigenvalue weighted by Crippen LogP contribution is 2.44. The van der Waals surface area contributed by atoms with Gasteiger partial charge in [0.15, 0.2) is 0 Å². The molecule has 1 aliphatic carbocycles. The Hall–Kier alpha value is -0.153. The Balaban J connectivity index is 2.76. The van der Waals surface area contributed by atoms with Gasteiger partial charge in [0.05, 0.1) is 0 Å². The highest BCUT2D eigenvalue weighted by atomic mass is 28.4. The predicted octanol–water partition coefficient (Wildman–Crippen LogP) is 4.94. The van der Waals surface area contributed by atoms with Crippen molar-refractivity contribution in [2.75, 3.05) is 0 Å². The van der Waals surface area contributed by atoms with Crippen molar-refractivity contribution < 1.29 is 9.22 Å². The highest BCUT2D eigenvalue weighted by Gasteiger charge is 2.46. The van der Waals surface area contributed by atoms with Gasteiger partial charge in [0.2, 0.25) is 8.32 Å². The second-order valence-electron chi connectivity index (χ2n) is 7.11. The van der Waals surface area contributed by atoms with Crippen molar-refractivity contribution in [3.8, 4) is 0 Å². The van der Waals surface area contributed by atoms with Crippen LogP contribution in [-0.2, 0) is 9.22 Å². The van der Waals surface area contributed by atoms with E-state index in [0.29, 0.717) is 22.7 Å². The van der Waals surface area contributed by atoms with Crippen molar-refractivity contribution in [2.24, 2.45) is 5.92 Å². The Morgan fingerprint density at radius 1 is 0.895 bits per heavy atom. The van der Waals surface area contributed by atoms with Crippen LogP contribution in [0.2, 0.25) is 16.6 Å². The van der Waals surface area contributed by atoms with Crippen LogP contribution < -0.4 is 0 Å². The smallest absolute Gasteiger partial charge is 0.200 e. The molecule has 0 amide bonds. The molecule has 0 aromatic heterocycles. The van der Waals surface area contributed by atoms with E-state index in [-0.39, 0.29) is 5.92 Å². The highest BCUT2D eigenvalue weighted by molar-refractivity contribution is 6.77. The predicted molar refractivity (Wildman–Crippen MR) is 83.9 cm³/mol. The monoisotopic (exact) mass is 284 g/mol. The molecule has 0 saturated heterocycles. The Bertz CT molecular complexity index is 257. The van der Waals surface area contributed by atoms with E-state index in [1.807, 2.05) is 0 Å². The molecular weight excluding hydrogens is 252 g/mol. The van der Waals surface area contributed by atoms with Crippen LogP contribution in [0.3, 0.4) is 0 Å². The van der Waals surface area contributed by atoms with E-state index in [0.717, 1.165) is 32.0 Å². The first kappa shape index (κ1) is 16.9. The van der Waals surface area contributed by atoms with Gasteiger partial charge in [-0.05, 0) is 42.3 Å². The van der Waals surface area contributed by atoms with Crippen LogP contribution in [0.4, 0.5) is 0 Å². The molecule has 1 aliphatic rings. The number of carbonyl (C=O) groups is 1. The van der Waals surface area contributed by atoms with E-state index in [1.54, 1.807) is 0 Å². The van der Waals surface area contributed by atoms with Gasteiger partial charge in [0.25, 0.3) is 0 Å². The van der Waals surface area contributed by atoms with Crippen LogP contribution in [0.25, 0.3) is 0 Å². The van der Waals surface area contributed by atoms with Crippen LogP contribution in [0.1, 0.15) is 67.2 Å². The minimum atomic E-state index is -1.74. The molecule has 1 fully saturated rings. The number of hydrogen-bond acceptors (Lipinski definition) is 2. The molecule has 0 aromatic rings. The Morgan fingerprint density at radius 3 is 1.63 bits per heavy atom. The minimum Gasteiger partial charge on any atom is -0.413 e. The standard InChI is InChI=1S/C16H32O2Si/c1-12(2)19(13(3)4,14(5)6)18-16-9-7-15(11-17)8-10-16/h11-16H,7-10H2,1-6H3. The van der Waals surface area contributed by atoms with Crippen LogP contribution in [0.15, 0.2) is 0 Å². The largest absolute Gasteiger partial charge is 0.413 e. The van der Waals surface area contributed by atoms with Gasteiger partial charge in [-0.15, -0.1) is 0 Å². The lowest BCUT2D eigenvalue weighted by molar-refractivity contribution is -0.112. The Kier molecular flexibility index (Phi) is 6.25. The average Bonchev–Trinajstić information content (AvgIpc) is 2.35. The fraction of sp³-hybridized carbons (Fsp3) is 0.938. The third-order valence-electron chi connectivity index (χ3n) is 4.99. The van der Waals surface area contributed by atoms with Crippen molar-refractivity contribution in [3.05, 3.63) is 0 Å². The summed E-state index contributed by atoms with van der Waals surface area (Å²) in [6.45, 7) is 14.0. The van der Waals surface area contributed by atoms with E-state index in [9.17, 15) is 4.79 Å². The second-order valence-corrected chi connectivity index (χ2v) is 12.5. The SMILES string of the molecule is CC(C)[Si](OC1CCC(C=O)CC1)(C(C)C)C(C)C. The summed E-state index contributed by atoms with van der Waals surface area (Å²) in [5.74, 6) is 0.285. The summed E-state index contributed by atoms with van der Waals surface area (Å²) >= 11 is 0. The maximum atomic E-state index is 10.8. The van der Waals surface area contributed by atoms with Crippen molar-refractivity contribution >= 4 is 14.6 Å². The Morgan fingerprint density at radius 2 is 1.32 bits per heavy atom. The quantitative estimate of drug-likeness (QED) is 0.510. The minimum absolute atomic E-state index is 0.285. The van der Waals surface area contributed by atoms with Crippen LogP contribution in [0, 0.1) is 5.92 Å². The fourth-order valence-electron chi connectivity index (χ4n) is 4.04. The van der Waals surface area contributed by atoms with Crippen LogP contribution in [0.5, 0.6) is 0 Å². The molecule has 2 nitrogen and oxygen atoms in total. The van der Waals surface area contributed by atoms with Gasteiger partial charge in [0.1, 0.15) is 6.29 Å². The van der Waals surface area contributed by atoms with Gasteiger partial charge in [-0.25, -0.2) is 0 Å². The molecule has 0 unspecified atom stereocenters. The molecule has 1 saturated carbocycles. The summed E-state index contributed by atoms with van der Waals surface area (Å²) in [4.78, 5) is 10.8. The summed E-state index contributed by atoms with van der Waals surface area (Å²) in [6, 6.07) is 0. The zero-order chi connectivity index (χ0) is 14.6. The normalized spacial score (nSPS) is 25.3. The lowest BCUT2D eigenvalue weighted by atomic mass is 9.89. The maximum Gasteiger partial charge on any atom is 0.200 e. The zero-order valence-electron chi connectivity index (χ0n) is 13.6. The van der Waals surface area contributed by atoms with Gasteiger partial charge in [0, 0.05) is 12.0 Å². The molecule has 0 heterocycles.